The van der Waals surface area contributed by atoms with E-state index in [1.807, 2.05) is 6.07 Å². The highest BCUT2D eigenvalue weighted by Crippen LogP contribution is 2.27. The van der Waals surface area contributed by atoms with Gasteiger partial charge in [-0.1, -0.05) is 43.5 Å². The smallest absolute Gasteiger partial charge is 0.253 e. The summed E-state index contributed by atoms with van der Waals surface area (Å²) < 4.78 is 1.60. The van der Waals surface area contributed by atoms with Crippen LogP contribution in [0.4, 0.5) is 0 Å². The summed E-state index contributed by atoms with van der Waals surface area (Å²) in [5.41, 5.74) is 1.50. The molecule has 0 aliphatic heterocycles. The van der Waals surface area contributed by atoms with Crippen LogP contribution in [-0.2, 0) is 11.8 Å². The summed E-state index contributed by atoms with van der Waals surface area (Å²) >= 11 is 0. The Labute approximate surface area is 152 Å². The minimum Gasteiger partial charge on any atom is -0.350 e. The quantitative estimate of drug-likeness (QED) is 0.635. The van der Waals surface area contributed by atoms with Crippen molar-refractivity contribution in [3.8, 4) is 0 Å². The third kappa shape index (κ3) is 3.76. The third-order valence-corrected chi connectivity index (χ3v) is 5.09. The van der Waals surface area contributed by atoms with Crippen molar-refractivity contribution < 1.29 is 9.59 Å². The van der Waals surface area contributed by atoms with E-state index in [0.717, 1.165) is 38.5 Å². The largest absolute Gasteiger partial charge is 0.350 e. The predicted octanol–water partition coefficient (Wildman–Crippen LogP) is 2.09. The first kappa shape index (κ1) is 18.1. The number of carbonyl (C=O) groups is 2. The number of amides is 2. The zero-order valence-electron chi connectivity index (χ0n) is 15.1. The first-order chi connectivity index (χ1) is 12.5. The van der Waals surface area contributed by atoms with Crippen LogP contribution in [0.5, 0.6) is 0 Å². The summed E-state index contributed by atoms with van der Waals surface area (Å²) in [6, 6.07) is 5.39. The number of hydrogen-bond acceptors (Lipinski definition) is 4. The van der Waals surface area contributed by atoms with Crippen LogP contribution < -0.4 is 10.6 Å². The molecule has 0 radical (unpaired) electrons. The van der Waals surface area contributed by atoms with Gasteiger partial charge in [0.25, 0.3) is 5.91 Å². The third-order valence-electron chi connectivity index (χ3n) is 5.09. The summed E-state index contributed by atoms with van der Waals surface area (Å²) in [5, 5.41) is 14.1. The molecule has 0 unspecified atom stereocenters. The van der Waals surface area contributed by atoms with E-state index < -0.39 is 5.54 Å². The number of fused-ring (bicyclic) bond motifs is 1. The van der Waals surface area contributed by atoms with Gasteiger partial charge in [0, 0.05) is 13.6 Å². The van der Waals surface area contributed by atoms with Crippen molar-refractivity contribution in [2.24, 2.45) is 7.05 Å². The maximum absolute atomic E-state index is 12.8. The Morgan fingerprint density at radius 2 is 2.00 bits per heavy atom. The van der Waals surface area contributed by atoms with Crippen LogP contribution in [0.25, 0.3) is 11.0 Å². The van der Waals surface area contributed by atoms with Gasteiger partial charge >= 0.3 is 0 Å². The fourth-order valence-electron chi connectivity index (χ4n) is 3.70. The van der Waals surface area contributed by atoms with Gasteiger partial charge < -0.3 is 10.6 Å². The molecule has 2 aromatic rings. The number of nitrogens with one attached hydrogen (secondary N) is 2. The van der Waals surface area contributed by atoms with Crippen molar-refractivity contribution in [2.45, 2.75) is 44.1 Å². The predicted molar refractivity (Wildman–Crippen MR) is 99.6 cm³/mol. The van der Waals surface area contributed by atoms with Crippen molar-refractivity contribution in [3.05, 3.63) is 36.4 Å². The Morgan fingerprint density at radius 1 is 1.27 bits per heavy atom. The SMILES string of the molecule is C=CC(=O)NC1(CNC(=O)c2cccc3nnn(C)c23)CCCCCC1. The first-order valence-electron chi connectivity index (χ1n) is 9.06. The van der Waals surface area contributed by atoms with Crippen molar-refractivity contribution in [3.63, 3.8) is 0 Å². The second-order valence-electron chi connectivity index (χ2n) is 6.96. The monoisotopic (exact) mass is 355 g/mol. The summed E-state index contributed by atoms with van der Waals surface area (Å²) in [4.78, 5) is 24.8. The highest BCUT2D eigenvalue weighted by atomic mass is 16.2. The molecule has 1 aromatic carbocycles. The van der Waals surface area contributed by atoms with E-state index in [1.165, 1.54) is 6.08 Å². The van der Waals surface area contributed by atoms with E-state index in [-0.39, 0.29) is 11.8 Å². The molecule has 1 fully saturated rings. The van der Waals surface area contributed by atoms with Gasteiger partial charge in [0.2, 0.25) is 5.91 Å². The van der Waals surface area contributed by atoms with Crippen LogP contribution >= 0.6 is 0 Å². The average Bonchev–Trinajstić information content (AvgIpc) is 2.88. The standard InChI is InChI=1S/C19H25N5O2/c1-3-16(25)21-19(11-6-4-5-7-12-19)13-20-18(26)14-9-8-10-15-17(14)24(2)23-22-15/h3,8-10H,1,4-7,11-13H2,2H3,(H,20,26)(H,21,25). The molecule has 138 valence electrons. The van der Waals surface area contributed by atoms with Gasteiger partial charge in [-0.25, -0.2) is 4.68 Å². The van der Waals surface area contributed by atoms with Gasteiger partial charge in [-0.2, -0.15) is 0 Å². The van der Waals surface area contributed by atoms with Crippen molar-refractivity contribution in [1.29, 1.82) is 0 Å². The lowest BCUT2D eigenvalue weighted by Crippen LogP contribution is -2.55. The lowest BCUT2D eigenvalue weighted by atomic mass is 9.89. The lowest BCUT2D eigenvalue weighted by Gasteiger charge is -2.34. The van der Waals surface area contributed by atoms with Gasteiger partial charge in [-0.05, 0) is 31.1 Å². The van der Waals surface area contributed by atoms with Gasteiger partial charge in [-0.3, -0.25) is 9.59 Å². The molecule has 0 bridgehead atoms. The van der Waals surface area contributed by atoms with Crippen LogP contribution in [0.15, 0.2) is 30.9 Å². The molecule has 2 N–H and O–H groups in total. The number of aryl methyl sites for hydroxylation is 1. The van der Waals surface area contributed by atoms with E-state index in [9.17, 15) is 9.59 Å². The van der Waals surface area contributed by atoms with Crippen molar-refractivity contribution in [2.75, 3.05) is 6.54 Å². The molecule has 0 saturated heterocycles. The first-order valence-corrected chi connectivity index (χ1v) is 9.06. The number of hydrogen-bond donors (Lipinski definition) is 2. The van der Waals surface area contributed by atoms with Gasteiger partial charge in [0.15, 0.2) is 0 Å². The highest BCUT2D eigenvalue weighted by Gasteiger charge is 2.32. The average molecular weight is 355 g/mol. The fraction of sp³-hybridized carbons (Fsp3) is 0.474. The molecule has 0 atom stereocenters. The van der Waals surface area contributed by atoms with Crippen LogP contribution in [0.1, 0.15) is 48.9 Å². The van der Waals surface area contributed by atoms with E-state index in [4.69, 9.17) is 0 Å². The molecular weight excluding hydrogens is 330 g/mol. The maximum atomic E-state index is 12.8. The van der Waals surface area contributed by atoms with Crippen LogP contribution in [-0.4, -0.2) is 38.9 Å². The minimum atomic E-state index is -0.421. The second kappa shape index (κ2) is 7.68. The van der Waals surface area contributed by atoms with Crippen molar-refractivity contribution >= 4 is 22.8 Å². The lowest BCUT2D eigenvalue weighted by molar-refractivity contribution is -0.118. The minimum absolute atomic E-state index is 0.183. The zero-order chi connectivity index (χ0) is 18.6. The molecule has 1 aromatic heterocycles. The summed E-state index contributed by atoms with van der Waals surface area (Å²) in [6.45, 7) is 3.94. The Balaban J connectivity index is 1.79. The molecule has 2 amide bonds. The molecule has 1 heterocycles. The number of aromatic nitrogens is 3. The van der Waals surface area contributed by atoms with Gasteiger partial charge in [0.1, 0.15) is 11.0 Å². The summed E-state index contributed by atoms with van der Waals surface area (Å²) in [5.74, 6) is -0.378. The van der Waals surface area contributed by atoms with E-state index in [0.29, 0.717) is 23.1 Å². The number of benzene rings is 1. The molecule has 26 heavy (non-hydrogen) atoms. The van der Waals surface area contributed by atoms with E-state index in [1.54, 1.807) is 23.9 Å². The Kier molecular flexibility index (Phi) is 5.35. The molecule has 7 nitrogen and oxygen atoms in total. The molecular formula is C19H25N5O2. The van der Waals surface area contributed by atoms with E-state index >= 15 is 0 Å². The Bertz CT molecular complexity index is 818. The van der Waals surface area contributed by atoms with Gasteiger partial charge in [0.05, 0.1) is 11.1 Å². The number of rotatable bonds is 5. The summed E-state index contributed by atoms with van der Waals surface area (Å²) in [6.07, 6.45) is 7.37. The Hall–Kier alpha value is -2.70. The Morgan fingerprint density at radius 3 is 2.69 bits per heavy atom. The number of nitrogens with zero attached hydrogens (tertiary/aromatic N) is 3. The second-order valence-corrected chi connectivity index (χ2v) is 6.96. The molecule has 1 saturated carbocycles. The number of carbonyl (C=O) groups excluding carboxylic acids is 2. The molecule has 0 spiro atoms. The topological polar surface area (TPSA) is 88.9 Å². The normalized spacial score (nSPS) is 16.7. The molecule has 1 aliphatic carbocycles. The van der Waals surface area contributed by atoms with Gasteiger partial charge in [-0.15, -0.1) is 5.10 Å². The molecule has 3 rings (SSSR count). The van der Waals surface area contributed by atoms with Crippen LogP contribution in [0.2, 0.25) is 0 Å². The maximum Gasteiger partial charge on any atom is 0.253 e. The van der Waals surface area contributed by atoms with E-state index in [2.05, 4.69) is 27.5 Å². The van der Waals surface area contributed by atoms with Crippen LogP contribution in [0, 0.1) is 0 Å². The molecule has 7 heteroatoms. The highest BCUT2D eigenvalue weighted by molar-refractivity contribution is 6.04. The van der Waals surface area contributed by atoms with Crippen LogP contribution in [0.3, 0.4) is 0 Å². The zero-order valence-corrected chi connectivity index (χ0v) is 15.1. The summed E-state index contributed by atoms with van der Waals surface area (Å²) in [7, 11) is 1.77. The van der Waals surface area contributed by atoms with Crippen molar-refractivity contribution in [1.82, 2.24) is 25.6 Å². The fourth-order valence-corrected chi connectivity index (χ4v) is 3.70. The molecule has 1 aliphatic rings. The number of para-hydroxylation sites is 1.